The lowest BCUT2D eigenvalue weighted by atomic mass is 10.6. The summed E-state index contributed by atoms with van der Waals surface area (Å²) in [7, 11) is 0. The summed E-state index contributed by atoms with van der Waals surface area (Å²) in [5.41, 5.74) is 0. The van der Waals surface area contributed by atoms with E-state index in [-0.39, 0.29) is 6.04 Å². The highest BCUT2D eigenvalue weighted by atomic mass is 16.1. The zero-order valence-corrected chi connectivity index (χ0v) is 4.37. The second-order valence-corrected chi connectivity index (χ2v) is 1.84. The fourth-order valence-corrected chi connectivity index (χ4v) is 0.544. The van der Waals surface area contributed by atoms with Crippen molar-refractivity contribution in [3.05, 3.63) is 0 Å². The molecule has 0 aromatic rings. The standard InChI is InChI=1S/C5H6N2O/c6-3-7(4-8)5-1-2-5/h4-5H,1-2H2. The van der Waals surface area contributed by atoms with Gasteiger partial charge in [0.05, 0.1) is 0 Å². The van der Waals surface area contributed by atoms with Gasteiger partial charge in [-0.1, -0.05) is 0 Å². The molecule has 0 spiro atoms. The molecule has 0 atom stereocenters. The molecule has 0 saturated heterocycles. The zero-order valence-electron chi connectivity index (χ0n) is 4.37. The van der Waals surface area contributed by atoms with Gasteiger partial charge in [0, 0.05) is 6.04 Å². The highest BCUT2D eigenvalue weighted by Gasteiger charge is 2.27. The maximum absolute atomic E-state index is 9.92. The normalized spacial score (nSPS) is 16.9. The molecule has 1 fully saturated rings. The van der Waals surface area contributed by atoms with Crippen molar-refractivity contribution >= 4 is 6.41 Å². The number of hydrogen-bond acceptors (Lipinski definition) is 2. The minimum absolute atomic E-state index is 0.234. The summed E-state index contributed by atoms with van der Waals surface area (Å²) < 4.78 is 0. The quantitative estimate of drug-likeness (QED) is 0.287. The molecular weight excluding hydrogens is 104 g/mol. The van der Waals surface area contributed by atoms with Crippen LogP contribution >= 0.6 is 0 Å². The Labute approximate surface area is 47.5 Å². The molecule has 1 amide bonds. The molecule has 0 aliphatic heterocycles. The van der Waals surface area contributed by atoms with Crippen LogP contribution in [-0.2, 0) is 4.79 Å². The molecule has 1 aliphatic rings. The van der Waals surface area contributed by atoms with E-state index in [4.69, 9.17) is 5.26 Å². The molecule has 0 N–H and O–H groups in total. The van der Waals surface area contributed by atoms with E-state index in [9.17, 15) is 4.79 Å². The van der Waals surface area contributed by atoms with Crippen molar-refractivity contribution in [1.29, 1.82) is 5.26 Å². The lowest BCUT2D eigenvalue weighted by molar-refractivity contribution is -0.115. The summed E-state index contributed by atoms with van der Waals surface area (Å²) in [5, 5.41) is 8.18. The van der Waals surface area contributed by atoms with Gasteiger partial charge in [0.15, 0.2) is 6.19 Å². The fourth-order valence-electron chi connectivity index (χ4n) is 0.544. The number of amides is 1. The Bertz CT molecular complexity index is 134. The summed E-state index contributed by atoms with van der Waals surface area (Å²) >= 11 is 0. The van der Waals surface area contributed by atoms with Gasteiger partial charge >= 0.3 is 0 Å². The first-order valence-corrected chi connectivity index (χ1v) is 2.52. The van der Waals surface area contributed by atoms with Crippen LogP contribution in [0.25, 0.3) is 0 Å². The number of hydrogen-bond donors (Lipinski definition) is 0. The maximum Gasteiger partial charge on any atom is 0.223 e. The van der Waals surface area contributed by atoms with Crippen LogP contribution in [0.15, 0.2) is 0 Å². The van der Waals surface area contributed by atoms with Crippen molar-refractivity contribution in [2.45, 2.75) is 18.9 Å². The molecule has 1 aliphatic carbocycles. The molecule has 0 radical (unpaired) electrons. The lowest BCUT2D eigenvalue weighted by Gasteiger charge is -2.00. The Morgan fingerprint density at radius 1 is 1.75 bits per heavy atom. The molecule has 0 aromatic carbocycles. The maximum atomic E-state index is 9.92. The Kier molecular flexibility index (Phi) is 1.17. The van der Waals surface area contributed by atoms with Crippen LogP contribution in [-0.4, -0.2) is 17.4 Å². The van der Waals surface area contributed by atoms with Gasteiger partial charge in [0.2, 0.25) is 6.41 Å². The monoisotopic (exact) mass is 110 g/mol. The zero-order chi connectivity index (χ0) is 5.98. The van der Waals surface area contributed by atoms with E-state index in [0.29, 0.717) is 6.41 Å². The molecule has 1 rings (SSSR count). The molecule has 3 heteroatoms. The van der Waals surface area contributed by atoms with Gasteiger partial charge in [-0.25, -0.2) is 4.90 Å². The Balaban J connectivity index is 2.39. The Morgan fingerprint density at radius 3 is 2.50 bits per heavy atom. The van der Waals surface area contributed by atoms with Gasteiger partial charge in [-0.3, -0.25) is 4.79 Å². The number of carbonyl (C=O) groups is 1. The number of carbonyl (C=O) groups excluding carboxylic acids is 1. The van der Waals surface area contributed by atoms with Crippen molar-refractivity contribution in [1.82, 2.24) is 4.90 Å². The highest BCUT2D eigenvalue weighted by Crippen LogP contribution is 2.24. The molecule has 0 unspecified atom stereocenters. The van der Waals surface area contributed by atoms with Gasteiger partial charge in [-0.2, -0.15) is 5.26 Å². The molecular formula is C5H6N2O. The number of nitriles is 1. The van der Waals surface area contributed by atoms with Gasteiger partial charge in [-0.15, -0.1) is 0 Å². The summed E-state index contributed by atoms with van der Waals surface area (Å²) in [4.78, 5) is 11.1. The molecule has 8 heavy (non-hydrogen) atoms. The summed E-state index contributed by atoms with van der Waals surface area (Å²) in [6.45, 7) is 0. The third-order valence-electron chi connectivity index (χ3n) is 1.17. The predicted molar refractivity (Wildman–Crippen MR) is 26.5 cm³/mol. The smallest absolute Gasteiger partial charge is 0.223 e. The van der Waals surface area contributed by atoms with Crippen LogP contribution in [0.1, 0.15) is 12.8 Å². The number of nitrogens with zero attached hydrogens (tertiary/aromatic N) is 2. The Morgan fingerprint density at radius 2 is 2.38 bits per heavy atom. The summed E-state index contributed by atoms with van der Waals surface area (Å²) in [6.07, 6.45) is 4.34. The van der Waals surface area contributed by atoms with E-state index >= 15 is 0 Å². The second-order valence-electron chi connectivity index (χ2n) is 1.84. The average Bonchev–Trinajstić information content (AvgIpc) is 2.53. The van der Waals surface area contributed by atoms with Gasteiger partial charge < -0.3 is 0 Å². The molecule has 0 heterocycles. The topological polar surface area (TPSA) is 44.1 Å². The van der Waals surface area contributed by atoms with Gasteiger partial charge in [-0.05, 0) is 12.8 Å². The van der Waals surface area contributed by atoms with E-state index in [1.54, 1.807) is 6.19 Å². The fraction of sp³-hybridized carbons (Fsp3) is 0.600. The van der Waals surface area contributed by atoms with Gasteiger partial charge in [0.1, 0.15) is 0 Å². The van der Waals surface area contributed by atoms with Crippen LogP contribution in [0.2, 0.25) is 0 Å². The highest BCUT2D eigenvalue weighted by molar-refractivity contribution is 5.51. The summed E-state index contributed by atoms with van der Waals surface area (Å²) in [6, 6.07) is 0.234. The average molecular weight is 110 g/mol. The largest absolute Gasteiger partial charge is 0.278 e. The van der Waals surface area contributed by atoms with Crippen molar-refractivity contribution in [3.8, 4) is 6.19 Å². The summed E-state index contributed by atoms with van der Waals surface area (Å²) in [5.74, 6) is 0. The van der Waals surface area contributed by atoms with Crippen LogP contribution in [0.4, 0.5) is 0 Å². The van der Waals surface area contributed by atoms with Crippen molar-refractivity contribution in [2.75, 3.05) is 0 Å². The van der Waals surface area contributed by atoms with Crippen LogP contribution in [0, 0.1) is 11.5 Å². The SMILES string of the molecule is N#CN(C=O)C1CC1. The molecule has 42 valence electrons. The molecule has 0 aromatic heterocycles. The van der Waals surface area contributed by atoms with E-state index in [1.807, 2.05) is 0 Å². The first-order chi connectivity index (χ1) is 3.88. The van der Waals surface area contributed by atoms with Crippen LogP contribution in [0.5, 0.6) is 0 Å². The molecule has 3 nitrogen and oxygen atoms in total. The first-order valence-electron chi connectivity index (χ1n) is 2.52. The van der Waals surface area contributed by atoms with E-state index in [0.717, 1.165) is 17.7 Å². The second kappa shape index (κ2) is 1.83. The van der Waals surface area contributed by atoms with Crippen molar-refractivity contribution < 1.29 is 4.79 Å². The molecule has 0 bridgehead atoms. The third-order valence-corrected chi connectivity index (χ3v) is 1.17. The minimum atomic E-state index is 0.234. The number of rotatable bonds is 2. The van der Waals surface area contributed by atoms with E-state index < -0.39 is 0 Å². The van der Waals surface area contributed by atoms with Crippen LogP contribution < -0.4 is 0 Å². The van der Waals surface area contributed by atoms with Gasteiger partial charge in [0.25, 0.3) is 0 Å². The molecule has 1 saturated carbocycles. The third kappa shape index (κ3) is 0.784. The minimum Gasteiger partial charge on any atom is -0.278 e. The van der Waals surface area contributed by atoms with Crippen LogP contribution in [0.3, 0.4) is 0 Å². The lowest BCUT2D eigenvalue weighted by Crippen LogP contribution is -2.16. The van der Waals surface area contributed by atoms with Crippen molar-refractivity contribution in [3.63, 3.8) is 0 Å². The predicted octanol–water partition coefficient (Wildman–Crippen LogP) is 0.0883. The van der Waals surface area contributed by atoms with E-state index in [2.05, 4.69) is 0 Å². The Hall–Kier alpha value is -1.04. The first kappa shape index (κ1) is 5.10. The van der Waals surface area contributed by atoms with Crippen molar-refractivity contribution in [2.24, 2.45) is 0 Å². The van der Waals surface area contributed by atoms with E-state index in [1.165, 1.54) is 0 Å².